The number of amidine groups is 1. The number of aliphatic hydroxyl groups is 1. The summed E-state index contributed by atoms with van der Waals surface area (Å²) in [6, 6.07) is 5.07. The Balaban J connectivity index is 2.18. The Morgan fingerprint density at radius 1 is 1.50 bits per heavy atom. The molecular formula is C14H18N2O3S. The maximum atomic E-state index is 12.2. The highest BCUT2D eigenvalue weighted by Gasteiger charge is 2.14. The minimum absolute atomic E-state index is 0.00890. The van der Waals surface area contributed by atoms with Crippen LogP contribution in [0.25, 0.3) is 0 Å². The van der Waals surface area contributed by atoms with Gasteiger partial charge in [-0.05, 0) is 37.6 Å². The quantitative estimate of drug-likeness (QED) is 0.888. The maximum absolute atomic E-state index is 12.2. The van der Waals surface area contributed by atoms with E-state index in [1.54, 1.807) is 18.2 Å². The fourth-order valence-electron chi connectivity index (χ4n) is 1.80. The molecule has 0 bridgehead atoms. The third kappa shape index (κ3) is 3.98. The minimum Gasteiger partial charge on any atom is -0.491 e. The van der Waals surface area contributed by atoms with Crippen molar-refractivity contribution in [2.45, 2.75) is 26.6 Å². The number of aliphatic hydroxyl groups excluding tert-OH is 1. The highest BCUT2D eigenvalue weighted by Crippen LogP contribution is 2.19. The Morgan fingerprint density at radius 2 is 2.30 bits per heavy atom. The van der Waals surface area contributed by atoms with Crippen LogP contribution in [0, 0.1) is 0 Å². The predicted octanol–water partition coefficient (Wildman–Crippen LogP) is 1.80. The molecule has 0 aromatic heterocycles. The first-order chi connectivity index (χ1) is 9.58. The van der Waals surface area contributed by atoms with E-state index < -0.39 is 0 Å². The lowest BCUT2D eigenvalue weighted by atomic mass is 10.1. The number of aliphatic imine (C=N–C) groups is 1. The molecule has 1 aromatic carbocycles. The summed E-state index contributed by atoms with van der Waals surface area (Å²) in [4.78, 5) is 16.3. The van der Waals surface area contributed by atoms with Crippen molar-refractivity contribution in [2.75, 3.05) is 12.3 Å². The van der Waals surface area contributed by atoms with Gasteiger partial charge in [0.2, 0.25) is 0 Å². The molecule has 1 heterocycles. The molecule has 0 saturated heterocycles. The Hall–Kier alpha value is -1.53. The van der Waals surface area contributed by atoms with Gasteiger partial charge >= 0.3 is 0 Å². The normalized spacial score (nSPS) is 14.3. The summed E-state index contributed by atoms with van der Waals surface area (Å²) >= 11 is 1.53. The molecule has 2 rings (SSSR count). The van der Waals surface area contributed by atoms with E-state index in [0.717, 1.165) is 12.3 Å². The molecule has 0 aliphatic carbocycles. The van der Waals surface area contributed by atoms with Crippen molar-refractivity contribution in [1.29, 1.82) is 0 Å². The van der Waals surface area contributed by atoms with E-state index in [1.165, 1.54) is 11.8 Å². The molecule has 108 valence electrons. The first-order valence-corrected chi connectivity index (χ1v) is 7.47. The molecule has 0 unspecified atom stereocenters. The average molecular weight is 294 g/mol. The number of carbonyl (C=O) groups excluding carboxylic acids is 1. The summed E-state index contributed by atoms with van der Waals surface area (Å²) in [5.74, 6) is 1.24. The van der Waals surface area contributed by atoms with Crippen LogP contribution in [0.1, 0.15) is 29.8 Å². The number of benzene rings is 1. The van der Waals surface area contributed by atoms with E-state index >= 15 is 0 Å². The summed E-state index contributed by atoms with van der Waals surface area (Å²) in [5.41, 5.74) is 1.11. The Labute approximate surface area is 122 Å². The fourth-order valence-corrected chi connectivity index (χ4v) is 2.53. The lowest BCUT2D eigenvalue weighted by molar-refractivity contribution is 0.0977. The van der Waals surface area contributed by atoms with Gasteiger partial charge in [0, 0.05) is 11.3 Å². The van der Waals surface area contributed by atoms with E-state index in [-0.39, 0.29) is 18.6 Å². The molecule has 0 fully saturated rings. The molecule has 0 saturated carbocycles. The maximum Gasteiger partial charge on any atom is 0.257 e. The van der Waals surface area contributed by atoms with Crippen molar-refractivity contribution in [3.8, 4) is 5.75 Å². The number of ether oxygens (including phenoxy) is 1. The molecular weight excluding hydrogens is 276 g/mol. The third-order valence-corrected chi connectivity index (χ3v) is 3.48. The Morgan fingerprint density at radius 3 is 2.90 bits per heavy atom. The van der Waals surface area contributed by atoms with Crippen LogP contribution in [0.4, 0.5) is 0 Å². The fraction of sp³-hybridized carbons (Fsp3) is 0.429. The van der Waals surface area contributed by atoms with E-state index in [2.05, 4.69) is 10.3 Å². The van der Waals surface area contributed by atoms with Crippen molar-refractivity contribution in [3.63, 3.8) is 0 Å². The summed E-state index contributed by atoms with van der Waals surface area (Å²) in [7, 11) is 0. The highest BCUT2D eigenvalue weighted by atomic mass is 32.2. The van der Waals surface area contributed by atoms with Gasteiger partial charge in [0.1, 0.15) is 5.75 Å². The number of hydrogen-bond acceptors (Lipinski definition) is 5. The topological polar surface area (TPSA) is 70.9 Å². The minimum atomic E-state index is -0.234. The largest absolute Gasteiger partial charge is 0.491 e. The number of hydrogen-bond donors (Lipinski definition) is 2. The third-order valence-electron chi connectivity index (χ3n) is 2.59. The van der Waals surface area contributed by atoms with E-state index in [1.807, 2.05) is 13.8 Å². The van der Waals surface area contributed by atoms with Crippen LogP contribution in [0.3, 0.4) is 0 Å². The van der Waals surface area contributed by atoms with Crippen LogP contribution >= 0.6 is 11.8 Å². The second kappa shape index (κ2) is 6.76. The van der Waals surface area contributed by atoms with Gasteiger partial charge < -0.3 is 15.2 Å². The first-order valence-electron chi connectivity index (χ1n) is 6.48. The van der Waals surface area contributed by atoms with E-state index in [4.69, 9.17) is 4.74 Å². The smallest absolute Gasteiger partial charge is 0.257 e. The second-order valence-electron chi connectivity index (χ2n) is 4.68. The van der Waals surface area contributed by atoms with Gasteiger partial charge in [-0.2, -0.15) is 0 Å². The van der Waals surface area contributed by atoms with Crippen LogP contribution in [-0.2, 0) is 6.61 Å². The van der Waals surface area contributed by atoms with Crippen LogP contribution in [-0.4, -0.2) is 34.6 Å². The summed E-state index contributed by atoms with van der Waals surface area (Å²) in [6.45, 7) is 4.43. The monoisotopic (exact) mass is 294 g/mol. The molecule has 0 atom stereocenters. The van der Waals surface area contributed by atoms with Gasteiger partial charge in [0.25, 0.3) is 5.91 Å². The molecule has 0 radical (unpaired) electrons. The van der Waals surface area contributed by atoms with Gasteiger partial charge in [0.15, 0.2) is 5.17 Å². The van der Waals surface area contributed by atoms with E-state index in [0.29, 0.717) is 22.0 Å². The van der Waals surface area contributed by atoms with Crippen molar-refractivity contribution in [1.82, 2.24) is 5.32 Å². The van der Waals surface area contributed by atoms with Crippen LogP contribution in [0.5, 0.6) is 5.75 Å². The molecule has 1 aliphatic rings. The molecule has 1 amide bonds. The van der Waals surface area contributed by atoms with Crippen molar-refractivity contribution < 1.29 is 14.6 Å². The first kappa shape index (κ1) is 14.9. The van der Waals surface area contributed by atoms with Gasteiger partial charge in [-0.3, -0.25) is 9.79 Å². The number of nitrogens with one attached hydrogen (secondary N) is 1. The van der Waals surface area contributed by atoms with Crippen LogP contribution in [0.15, 0.2) is 23.2 Å². The molecule has 2 N–H and O–H groups in total. The SMILES string of the molecule is CC(C)Oc1cc(CO)cc(C(=O)NC2=NCCS2)c1. The zero-order chi connectivity index (χ0) is 14.5. The van der Waals surface area contributed by atoms with Crippen molar-refractivity contribution in [3.05, 3.63) is 29.3 Å². The van der Waals surface area contributed by atoms with Gasteiger partial charge in [-0.25, -0.2) is 0 Å². The van der Waals surface area contributed by atoms with Crippen LogP contribution in [0.2, 0.25) is 0 Å². The van der Waals surface area contributed by atoms with Gasteiger partial charge in [0.05, 0.1) is 19.3 Å². The Kier molecular flexibility index (Phi) is 5.03. The lowest BCUT2D eigenvalue weighted by Crippen LogP contribution is -2.27. The zero-order valence-corrected chi connectivity index (χ0v) is 12.4. The molecule has 1 aliphatic heterocycles. The summed E-state index contributed by atoms with van der Waals surface area (Å²) in [5, 5.41) is 12.7. The van der Waals surface area contributed by atoms with Gasteiger partial charge in [-0.1, -0.05) is 11.8 Å². The number of nitrogens with zero attached hydrogens (tertiary/aromatic N) is 1. The van der Waals surface area contributed by atoms with Gasteiger partial charge in [-0.15, -0.1) is 0 Å². The highest BCUT2D eigenvalue weighted by molar-refractivity contribution is 8.14. The van der Waals surface area contributed by atoms with E-state index in [9.17, 15) is 9.90 Å². The lowest BCUT2D eigenvalue weighted by Gasteiger charge is -2.13. The standard InChI is InChI=1S/C14H18N2O3S/c1-9(2)19-12-6-10(8-17)5-11(7-12)13(18)16-14-15-3-4-20-14/h5-7,9,17H,3-4,8H2,1-2H3,(H,15,16,18). The summed E-state index contributed by atoms with van der Waals surface area (Å²) < 4.78 is 5.59. The number of thioether (sulfide) groups is 1. The predicted molar refractivity (Wildman–Crippen MR) is 80.4 cm³/mol. The second-order valence-corrected chi connectivity index (χ2v) is 5.76. The summed E-state index contributed by atoms with van der Waals surface area (Å²) in [6.07, 6.45) is 0.00890. The zero-order valence-electron chi connectivity index (χ0n) is 11.5. The number of rotatable bonds is 4. The number of amides is 1. The molecule has 1 aromatic rings. The van der Waals surface area contributed by atoms with Crippen molar-refractivity contribution in [2.24, 2.45) is 4.99 Å². The molecule has 5 nitrogen and oxygen atoms in total. The van der Waals surface area contributed by atoms with Crippen LogP contribution < -0.4 is 10.1 Å². The molecule has 20 heavy (non-hydrogen) atoms. The molecule has 6 heteroatoms. The average Bonchev–Trinajstić information content (AvgIpc) is 2.90. The van der Waals surface area contributed by atoms with Crippen molar-refractivity contribution >= 4 is 22.8 Å². The number of carbonyl (C=O) groups is 1. The molecule has 0 spiro atoms. The Bertz CT molecular complexity index is 529.